The molecule has 94 valence electrons. The molecule has 0 radical (unpaired) electrons. The van der Waals surface area contributed by atoms with Crippen LogP contribution in [0.2, 0.25) is 0 Å². The number of carboxylic acid groups (broad SMARTS) is 1. The van der Waals surface area contributed by atoms with Gasteiger partial charge in [0.25, 0.3) is 0 Å². The van der Waals surface area contributed by atoms with Gasteiger partial charge in [-0.3, -0.25) is 0 Å². The molecule has 0 saturated carbocycles. The molecule has 0 spiro atoms. The van der Waals surface area contributed by atoms with Crippen LogP contribution in [-0.4, -0.2) is 34.1 Å². The molecule has 0 fully saturated rings. The number of nitrogen functional groups attached to an aromatic ring is 1. The van der Waals surface area contributed by atoms with E-state index in [4.69, 9.17) is 10.8 Å². The van der Waals surface area contributed by atoms with Crippen molar-refractivity contribution in [2.24, 2.45) is 0 Å². The van der Waals surface area contributed by atoms with Gasteiger partial charge in [-0.25, -0.2) is 9.78 Å². The van der Waals surface area contributed by atoms with Crippen molar-refractivity contribution in [3.05, 3.63) is 17.8 Å². The van der Waals surface area contributed by atoms with E-state index >= 15 is 0 Å². The van der Waals surface area contributed by atoms with Gasteiger partial charge >= 0.3 is 5.97 Å². The fourth-order valence-corrected chi connectivity index (χ4v) is 1.67. The van der Waals surface area contributed by atoms with Crippen LogP contribution in [0.25, 0.3) is 0 Å². The first kappa shape index (κ1) is 13.6. The van der Waals surface area contributed by atoms with Gasteiger partial charge in [0.2, 0.25) is 0 Å². The number of anilines is 2. The standard InChI is InChI=1S/C11H17N3O2S/c1-7(17-2)3-5-13-10-9(12)8(11(15)16)4-6-14-10/h4,6-7H,3,5,12H2,1-2H3,(H,13,14)(H,15,16). The van der Waals surface area contributed by atoms with Gasteiger partial charge in [0.05, 0.1) is 11.3 Å². The Balaban J connectivity index is 2.66. The fourth-order valence-electron chi connectivity index (χ4n) is 1.31. The quantitative estimate of drug-likeness (QED) is 0.719. The number of nitrogens with one attached hydrogen (secondary N) is 1. The van der Waals surface area contributed by atoms with Gasteiger partial charge in [-0.1, -0.05) is 6.92 Å². The highest BCUT2D eigenvalue weighted by Gasteiger charge is 2.11. The minimum atomic E-state index is -1.04. The highest BCUT2D eigenvalue weighted by Crippen LogP contribution is 2.20. The molecule has 1 heterocycles. The maximum absolute atomic E-state index is 10.9. The number of nitrogens with two attached hydrogens (primary N) is 1. The molecule has 0 bridgehead atoms. The van der Waals surface area contributed by atoms with Crippen molar-refractivity contribution < 1.29 is 9.90 Å². The molecule has 0 aliphatic carbocycles. The molecule has 1 aromatic rings. The lowest BCUT2D eigenvalue weighted by molar-refractivity contribution is 0.0698. The molecular formula is C11H17N3O2S. The Morgan fingerprint density at radius 1 is 1.71 bits per heavy atom. The van der Waals surface area contributed by atoms with Crippen LogP contribution in [0.3, 0.4) is 0 Å². The third-order valence-electron chi connectivity index (χ3n) is 2.47. The molecule has 0 aromatic carbocycles. The lowest BCUT2D eigenvalue weighted by atomic mass is 10.2. The number of aromatic carboxylic acids is 1. The average molecular weight is 255 g/mol. The first-order chi connectivity index (χ1) is 8.06. The number of nitrogens with zero attached hydrogens (tertiary/aromatic N) is 1. The minimum absolute atomic E-state index is 0.0837. The SMILES string of the molecule is CSC(C)CCNc1nccc(C(=O)O)c1N. The molecule has 5 nitrogen and oxygen atoms in total. The maximum atomic E-state index is 10.9. The third kappa shape index (κ3) is 3.81. The topological polar surface area (TPSA) is 88.2 Å². The van der Waals surface area contributed by atoms with E-state index in [2.05, 4.69) is 23.5 Å². The first-order valence-corrected chi connectivity index (χ1v) is 6.59. The summed E-state index contributed by atoms with van der Waals surface area (Å²) in [7, 11) is 0. The average Bonchev–Trinajstić information content (AvgIpc) is 2.30. The molecule has 0 aliphatic rings. The number of aromatic nitrogens is 1. The fraction of sp³-hybridized carbons (Fsp3) is 0.455. The minimum Gasteiger partial charge on any atom is -0.478 e. The van der Waals surface area contributed by atoms with E-state index in [1.807, 2.05) is 0 Å². The van der Waals surface area contributed by atoms with Gasteiger partial charge in [0.15, 0.2) is 0 Å². The van der Waals surface area contributed by atoms with Gasteiger partial charge < -0.3 is 16.2 Å². The number of rotatable bonds is 6. The summed E-state index contributed by atoms with van der Waals surface area (Å²) >= 11 is 1.79. The monoisotopic (exact) mass is 255 g/mol. The zero-order chi connectivity index (χ0) is 12.8. The van der Waals surface area contributed by atoms with E-state index in [0.717, 1.165) is 13.0 Å². The number of pyridine rings is 1. The summed E-state index contributed by atoms with van der Waals surface area (Å²) in [4.78, 5) is 14.9. The van der Waals surface area contributed by atoms with Crippen LogP contribution >= 0.6 is 11.8 Å². The van der Waals surface area contributed by atoms with Gasteiger partial charge in [0.1, 0.15) is 5.82 Å². The van der Waals surface area contributed by atoms with E-state index in [-0.39, 0.29) is 11.3 Å². The molecule has 0 saturated heterocycles. The van der Waals surface area contributed by atoms with Gasteiger partial charge in [-0.05, 0) is 18.7 Å². The van der Waals surface area contributed by atoms with E-state index in [9.17, 15) is 4.79 Å². The zero-order valence-corrected chi connectivity index (χ0v) is 10.8. The second kappa shape index (κ2) is 6.34. The van der Waals surface area contributed by atoms with Crippen LogP contribution in [0.5, 0.6) is 0 Å². The molecule has 6 heteroatoms. The maximum Gasteiger partial charge on any atom is 0.337 e. The van der Waals surface area contributed by atoms with Crippen LogP contribution in [0, 0.1) is 0 Å². The Morgan fingerprint density at radius 3 is 3.00 bits per heavy atom. The molecule has 17 heavy (non-hydrogen) atoms. The van der Waals surface area contributed by atoms with Crippen molar-refractivity contribution >= 4 is 29.2 Å². The van der Waals surface area contributed by atoms with Crippen LogP contribution in [0.1, 0.15) is 23.7 Å². The summed E-state index contributed by atoms with van der Waals surface area (Å²) in [6.45, 7) is 2.86. The number of thioether (sulfide) groups is 1. The lowest BCUT2D eigenvalue weighted by Crippen LogP contribution is -2.12. The van der Waals surface area contributed by atoms with Crippen molar-refractivity contribution in [3.8, 4) is 0 Å². The molecule has 1 rings (SSSR count). The highest BCUT2D eigenvalue weighted by atomic mass is 32.2. The van der Waals surface area contributed by atoms with Gasteiger partial charge in [-0.2, -0.15) is 11.8 Å². The van der Waals surface area contributed by atoms with Crippen molar-refractivity contribution in [2.45, 2.75) is 18.6 Å². The van der Waals surface area contributed by atoms with E-state index < -0.39 is 5.97 Å². The van der Waals surface area contributed by atoms with Crippen molar-refractivity contribution in [2.75, 3.05) is 23.9 Å². The first-order valence-electron chi connectivity index (χ1n) is 5.30. The third-order valence-corrected chi connectivity index (χ3v) is 3.51. The molecule has 4 N–H and O–H groups in total. The summed E-state index contributed by atoms with van der Waals surface area (Å²) in [5.74, 6) is -0.594. The summed E-state index contributed by atoms with van der Waals surface area (Å²) in [5.41, 5.74) is 6.00. The Morgan fingerprint density at radius 2 is 2.41 bits per heavy atom. The van der Waals surface area contributed by atoms with Crippen LogP contribution in [-0.2, 0) is 0 Å². The highest BCUT2D eigenvalue weighted by molar-refractivity contribution is 7.99. The molecule has 1 aromatic heterocycles. The predicted octanol–water partition coefficient (Wildman–Crippen LogP) is 1.92. The Kier molecular flexibility index (Phi) is 5.09. The van der Waals surface area contributed by atoms with Crippen molar-refractivity contribution in [1.29, 1.82) is 0 Å². The van der Waals surface area contributed by atoms with E-state index in [0.29, 0.717) is 11.1 Å². The lowest BCUT2D eigenvalue weighted by Gasteiger charge is -2.12. The number of carbonyl (C=O) groups is 1. The van der Waals surface area contributed by atoms with Crippen LogP contribution in [0.4, 0.5) is 11.5 Å². The molecule has 0 aliphatic heterocycles. The molecule has 1 atom stereocenters. The molecular weight excluding hydrogens is 238 g/mol. The predicted molar refractivity (Wildman–Crippen MR) is 71.7 cm³/mol. The van der Waals surface area contributed by atoms with Crippen LogP contribution < -0.4 is 11.1 Å². The second-order valence-corrected chi connectivity index (χ2v) is 4.96. The van der Waals surface area contributed by atoms with Gasteiger partial charge in [-0.15, -0.1) is 0 Å². The van der Waals surface area contributed by atoms with E-state index in [1.54, 1.807) is 11.8 Å². The summed E-state index contributed by atoms with van der Waals surface area (Å²) in [6.07, 6.45) is 4.47. The summed E-state index contributed by atoms with van der Waals surface area (Å²) in [5, 5.41) is 12.5. The van der Waals surface area contributed by atoms with Gasteiger partial charge in [0, 0.05) is 18.0 Å². The summed E-state index contributed by atoms with van der Waals surface area (Å²) < 4.78 is 0. The summed E-state index contributed by atoms with van der Waals surface area (Å²) in [6, 6.07) is 1.40. The molecule has 0 amide bonds. The van der Waals surface area contributed by atoms with Crippen LogP contribution in [0.15, 0.2) is 12.3 Å². The Labute approximate surface area is 105 Å². The number of carboxylic acids is 1. The van der Waals surface area contributed by atoms with Crippen molar-refractivity contribution in [3.63, 3.8) is 0 Å². The largest absolute Gasteiger partial charge is 0.478 e. The Bertz CT molecular complexity index is 398. The normalized spacial score (nSPS) is 12.1. The van der Waals surface area contributed by atoms with Crippen molar-refractivity contribution in [1.82, 2.24) is 4.98 Å². The molecule has 1 unspecified atom stereocenters. The number of hydrogen-bond donors (Lipinski definition) is 3. The van der Waals surface area contributed by atoms with E-state index in [1.165, 1.54) is 12.3 Å². The number of hydrogen-bond acceptors (Lipinski definition) is 5. The second-order valence-electron chi connectivity index (χ2n) is 3.69. The zero-order valence-electron chi connectivity index (χ0n) is 9.93. The smallest absolute Gasteiger partial charge is 0.337 e. The Hall–Kier alpha value is -1.43.